The van der Waals surface area contributed by atoms with E-state index in [1.807, 2.05) is 18.2 Å². The van der Waals surface area contributed by atoms with Crippen molar-refractivity contribution < 1.29 is 14.3 Å². The lowest BCUT2D eigenvalue weighted by molar-refractivity contribution is 0.0516. The van der Waals surface area contributed by atoms with Gasteiger partial charge in [-0.1, -0.05) is 12.1 Å². The van der Waals surface area contributed by atoms with E-state index in [4.69, 9.17) is 9.47 Å². The van der Waals surface area contributed by atoms with Crippen LogP contribution in [0, 0.1) is 0 Å². The Morgan fingerprint density at radius 2 is 2.29 bits per heavy atom. The average molecular weight is 250 g/mol. The SMILES string of the molecule is O=C(c1cccc2c1OCC2)C1CSCCO1. The van der Waals surface area contributed by atoms with Gasteiger partial charge in [-0.05, 0) is 11.6 Å². The molecule has 1 unspecified atom stereocenters. The zero-order valence-electron chi connectivity index (χ0n) is 9.48. The molecule has 0 bridgehead atoms. The molecule has 90 valence electrons. The minimum absolute atomic E-state index is 0.0657. The van der Waals surface area contributed by atoms with Crippen molar-refractivity contribution in [2.75, 3.05) is 24.7 Å². The molecule has 0 saturated carbocycles. The fourth-order valence-electron chi connectivity index (χ4n) is 2.22. The quantitative estimate of drug-likeness (QED) is 0.751. The van der Waals surface area contributed by atoms with Gasteiger partial charge >= 0.3 is 0 Å². The topological polar surface area (TPSA) is 35.5 Å². The molecule has 0 aromatic heterocycles. The lowest BCUT2D eigenvalue weighted by Gasteiger charge is -2.21. The maximum absolute atomic E-state index is 12.3. The summed E-state index contributed by atoms with van der Waals surface area (Å²) in [7, 11) is 0. The Morgan fingerprint density at radius 3 is 3.12 bits per heavy atom. The normalized spacial score (nSPS) is 22.9. The number of ketones is 1. The molecule has 0 amide bonds. The van der Waals surface area contributed by atoms with E-state index >= 15 is 0 Å². The summed E-state index contributed by atoms with van der Waals surface area (Å²) in [6.45, 7) is 1.34. The minimum atomic E-state index is -0.301. The van der Waals surface area contributed by atoms with Crippen molar-refractivity contribution in [3.8, 4) is 5.75 Å². The third-order valence-corrected chi connectivity index (χ3v) is 4.08. The van der Waals surface area contributed by atoms with Gasteiger partial charge in [0.25, 0.3) is 0 Å². The van der Waals surface area contributed by atoms with Gasteiger partial charge in [0.2, 0.25) is 0 Å². The van der Waals surface area contributed by atoms with E-state index in [-0.39, 0.29) is 11.9 Å². The number of hydrogen-bond acceptors (Lipinski definition) is 4. The van der Waals surface area contributed by atoms with Crippen molar-refractivity contribution in [2.24, 2.45) is 0 Å². The maximum Gasteiger partial charge on any atom is 0.196 e. The first-order valence-electron chi connectivity index (χ1n) is 5.84. The van der Waals surface area contributed by atoms with Gasteiger partial charge in [0.15, 0.2) is 5.78 Å². The van der Waals surface area contributed by atoms with E-state index < -0.39 is 0 Å². The Morgan fingerprint density at radius 1 is 1.35 bits per heavy atom. The van der Waals surface area contributed by atoms with E-state index in [9.17, 15) is 4.79 Å². The first kappa shape index (κ1) is 11.1. The van der Waals surface area contributed by atoms with Crippen LogP contribution < -0.4 is 4.74 Å². The van der Waals surface area contributed by atoms with Crippen molar-refractivity contribution in [3.63, 3.8) is 0 Å². The molecule has 17 heavy (non-hydrogen) atoms. The molecule has 3 nitrogen and oxygen atoms in total. The number of thioether (sulfide) groups is 1. The highest BCUT2D eigenvalue weighted by atomic mass is 32.2. The molecular formula is C13H14O3S. The first-order valence-corrected chi connectivity index (χ1v) is 7.00. The van der Waals surface area contributed by atoms with Crippen LogP contribution in [0.2, 0.25) is 0 Å². The maximum atomic E-state index is 12.3. The number of hydrogen-bond donors (Lipinski definition) is 0. The zero-order chi connectivity index (χ0) is 11.7. The van der Waals surface area contributed by atoms with Gasteiger partial charge in [-0.25, -0.2) is 0 Å². The van der Waals surface area contributed by atoms with Gasteiger partial charge in [-0.3, -0.25) is 4.79 Å². The zero-order valence-corrected chi connectivity index (χ0v) is 10.3. The van der Waals surface area contributed by atoms with Crippen molar-refractivity contribution >= 4 is 17.5 Å². The van der Waals surface area contributed by atoms with Gasteiger partial charge < -0.3 is 9.47 Å². The highest BCUT2D eigenvalue weighted by molar-refractivity contribution is 7.99. The predicted octanol–water partition coefficient (Wildman–Crippen LogP) is 1.94. The highest BCUT2D eigenvalue weighted by Crippen LogP contribution is 2.31. The molecule has 3 rings (SSSR count). The predicted molar refractivity (Wildman–Crippen MR) is 67.0 cm³/mol. The van der Waals surface area contributed by atoms with Gasteiger partial charge in [-0.15, -0.1) is 0 Å². The summed E-state index contributed by atoms with van der Waals surface area (Å²) in [5, 5.41) is 0. The van der Waals surface area contributed by atoms with Crippen molar-refractivity contribution in [3.05, 3.63) is 29.3 Å². The molecule has 1 atom stereocenters. The van der Waals surface area contributed by atoms with E-state index in [0.29, 0.717) is 18.8 Å². The molecule has 1 aromatic rings. The molecule has 2 heterocycles. The van der Waals surface area contributed by atoms with E-state index in [1.54, 1.807) is 11.8 Å². The summed E-state index contributed by atoms with van der Waals surface area (Å²) in [5.41, 5.74) is 1.83. The molecule has 0 aliphatic carbocycles. The fourth-order valence-corrected chi connectivity index (χ4v) is 3.06. The number of carbonyl (C=O) groups excluding carboxylic acids is 1. The number of ether oxygens (including phenoxy) is 2. The van der Waals surface area contributed by atoms with E-state index in [1.165, 1.54) is 0 Å². The minimum Gasteiger partial charge on any atom is -0.492 e. The molecule has 2 aliphatic heterocycles. The van der Waals surface area contributed by atoms with Crippen LogP contribution in [-0.4, -0.2) is 36.6 Å². The van der Waals surface area contributed by atoms with Crippen LogP contribution in [0.4, 0.5) is 0 Å². The van der Waals surface area contributed by atoms with Gasteiger partial charge in [-0.2, -0.15) is 11.8 Å². The second kappa shape index (κ2) is 4.70. The molecule has 1 aromatic carbocycles. The van der Waals surface area contributed by atoms with Crippen molar-refractivity contribution in [2.45, 2.75) is 12.5 Å². The Bertz CT molecular complexity index is 438. The molecule has 1 saturated heterocycles. The lowest BCUT2D eigenvalue weighted by Crippen LogP contribution is -2.31. The summed E-state index contributed by atoms with van der Waals surface area (Å²) in [4.78, 5) is 12.3. The molecule has 4 heteroatoms. The molecule has 0 N–H and O–H groups in total. The summed E-state index contributed by atoms with van der Waals surface area (Å²) in [5.74, 6) is 2.57. The van der Waals surface area contributed by atoms with Crippen LogP contribution in [0.5, 0.6) is 5.75 Å². The lowest BCUT2D eigenvalue weighted by atomic mass is 10.0. The summed E-state index contributed by atoms with van der Waals surface area (Å²) >= 11 is 1.77. The van der Waals surface area contributed by atoms with Gasteiger partial charge in [0, 0.05) is 17.9 Å². The van der Waals surface area contributed by atoms with Crippen LogP contribution >= 0.6 is 11.8 Å². The van der Waals surface area contributed by atoms with Crippen LogP contribution in [0.25, 0.3) is 0 Å². The fraction of sp³-hybridized carbons (Fsp3) is 0.462. The average Bonchev–Trinajstić information content (AvgIpc) is 2.87. The monoisotopic (exact) mass is 250 g/mol. The summed E-state index contributed by atoms with van der Waals surface area (Å²) < 4.78 is 11.1. The number of rotatable bonds is 2. The summed E-state index contributed by atoms with van der Waals surface area (Å²) in [6, 6.07) is 5.79. The molecule has 1 fully saturated rings. The van der Waals surface area contributed by atoms with Gasteiger partial charge in [0.1, 0.15) is 11.9 Å². The Kier molecular flexibility index (Phi) is 3.07. The molecule has 2 aliphatic rings. The standard InChI is InChI=1S/C13H14O3S/c14-12(11-8-17-7-6-15-11)10-3-1-2-9-4-5-16-13(9)10/h1-3,11H,4-8H2. The Hall–Kier alpha value is -1.00. The van der Waals surface area contributed by atoms with Crippen LogP contribution in [0.15, 0.2) is 18.2 Å². The van der Waals surface area contributed by atoms with Gasteiger partial charge in [0.05, 0.1) is 18.8 Å². The van der Waals surface area contributed by atoms with Crippen LogP contribution in [-0.2, 0) is 11.2 Å². The largest absolute Gasteiger partial charge is 0.492 e. The number of Topliss-reactive ketones (excluding diaryl/α,β-unsaturated/α-hetero) is 1. The van der Waals surface area contributed by atoms with E-state index in [2.05, 4.69) is 0 Å². The number of carbonyl (C=O) groups is 1. The van der Waals surface area contributed by atoms with Crippen LogP contribution in [0.3, 0.4) is 0 Å². The van der Waals surface area contributed by atoms with Crippen molar-refractivity contribution in [1.82, 2.24) is 0 Å². The Labute approximate surface area is 104 Å². The number of fused-ring (bicyclic) bond motifs is 1. The van der Waals surface area contributed by atoms with Crippen LogP contribution in [0.1, 0.15) is 15.9 Å². The van der Waals surface area contributed by atoms with Crippen molar-refractivity contribution in [1.29, 1.82) is 0 Å². The smallest absolute Gasteiger partial charge is 0.196 e. The third kappa shape index (κ3) is 2.07. The van der Waals surface area contributed by atoms with E-state index in [0.717, 1.165) is 29.2 Å². The number of benzene rings is 1. The molecular weight excluding hydrogens is 236 g/mol. The second-order valence-corrected chi connectivity index (χ2v) is 5.34. The highest BCUT2D eigenvalue weighted by Gasteiger charge is 2.28. The summed E-state index contributed by atoms with van der Waals surface area (Å²) in [6.07, 6.45) is 0.598. The molecule has 0 spiro atoms. The number of para-hydroxylation sites is 1. The second-order valence-electron chi connectivity index (χ2n) is 4.19. The third-order valence-electron chi connectivity index (χ3n) is 3.09. The first-order chi connectivity index (χ1) is 8.36. The Balaban J connectivity index is 1.88. The molecule has 0 radical (unpaired) electrons.